The highest BCUT2D eigenvalue weighted by atomic mass is 16.3. The number of hydrogen-bond acceptors (Lipinski definition) is 1. The number of benzene rings is 4. The lowest BCUT2D eigenvalue weighted by atomic mass is 9.81. The molecule has 1 N–H and O–H groups in total. The molecule has 0 aromatic heterocycles. The van der Waals surface area contributed by atoms with Crippen LogP contribution in [-0.4, -0.2) is 10.7 Å². The third kappa shape index (κ3) is 4.58. The first-order valence-electron chi connectivity index (χ1n) is 10.3. The van der Waals surface area contributed by atoms with E-state index in [4.69, 9.17) is 0 Å². The molecule has 4 rings (SSSR count). The second-order valence-electron chi connectivity index (χ2n) is 8.29. The largest absolute Gasteiger partial charge is 0.389 e. The zero-order chi connectivity index (χ0) is 20.3. The summed E-state index contributed by atoms with van der Waals surface area (Å²) in [6, 6.07) is 31.7. The molecule has 0 fully saturated rings. The summed E-state index contributed by atoms with van der Waals surface area (Å²) in [5, 5.41) is 14.3. The van der Waals surface area contributed by atoms with Gasteiger partial charge in [0.15, 0.2) is 0 Å². The summed E-state index contributed by atoms with van der Waals surface area (Å²) in [5.74, 6) is 0. The Kier molecular flexibility index (Phi) is 5.51. The normalized spacial score (nSPS) is 11.7. The summed E-state index contributed by atoms with van der Waals surface area (Å²) in [6.07, 6.45) is 1.90. The van der Waals surface area contributed by atoms with Gasteiger partial charge in [-0.05, 0) is 52.4 Å². The van der Waals surface area contributed by atoms with Crippen molar-refractivity contribution in [2.45, 2.75) is 38.7 Å². The predicted molar refractivity (Wildman–Crippen MR) is 122 cm³/mol. The standard InChI is InChI=1S/C28H28O/c1-21-9-3-5-13-26(21)19-28(29,20-27-14-6-4-10-22(27)2)18-23-15-16-24-11-7-8-12-25(24)17-23/h3-17,29H,18-20H2,1-2H3. The van der Waals surface area contributed by atoms with Gasteiger partial charge in [-0.1, -0.05) is 91.0 Å². The highest BCUT2D eigenvalue weighted by molar-refractivity contribution is 5.83. The van der Waals surface area contributed by atoms with Crippen LogP contribution in [0, 0.1) is 13.8 Å². The molecule has 4 aromatic rings. The van der Waals surface area contributed by atoms with Crippen molar-refractivity contribution in [1.29, 1.82) is 0 Å². The van der Waals surface area contributed by atoms with Crippen LogP contribution in [0.3, 0.4) is 0 Å². The maximum absolute atomic E-state index is 11.9. The lowest BCUT2D eigenvalue weighted by Crippen LogP contribution is -2.37. The van der Waals surface area contributed by atoms with E-state index >= 15 is 0 Å². The average Bonchev–Trinajstić information content (AvgIpc) is 2.71. The molecule has 0 bridgehead atoms. The van der Waals surface area contributed by atoms with Gasteiger partial charge in [0.2, 0.25) is 0 Å². The first-order chi connectivity index (χ1) is 14.0. The van der Waals surface area contributed by atoms with Crippen molar-refractivity contribution >= 4 is 10.8 Å². The van der Waals surface area contributed by atoms with Crippen molar-refractivity contribution in [3.8, 4) is 0 Å². The fourth-order valence-corrected chi connectivity index (χ4v) is 4.24. The van der Waals surface area contributed by atoms with E-state index in [9.17, 15) is 5.11 Å². The van der Waals surface area contributed by atoms with Crippen LogP contribution >= 0.6 is 0 Å². The molecule has 4 aromatic carbocycles. The molecule has 0 aliphatic heterocycles. The van der Waals surface area contributed by atoms with Crippen LogP contribution < -0.4 is 0 Å². The predicted octanol–water partition coefficient (Wildman–Crippen LogP) is 6.22. The summed E-state index contributed by atoms with van der Waals surface area (Å²) >= 11 is 0. The van der Waals surface area contributed by atoms with E-state index in [1.54, 1.807) is 0 Å². The van der Waals surface area contributed by atoms with Gasteiger partial charge in [-0.3, -0.25) is 0 Å². The molecule has 0 saturated heterocycles. The molecule has 0 radical (unpaired) electrons. The van der Waals surface area contributed by atoms with E-state index in [1.807, 2.05) is 0 Å². The fourth-order valence-electron chi connectivity index (χ4n) is 4.24. The van der Waals surface area contributed by atoms with Gasteiger partial charge in [-0.25, -0.2) is 0 Å². The second-order valence-corrected chi connectivity index (χ2v) is 8.29. The first-order valence-corrected chi connectivity index (χ1v) is 10.3. The van der Waals surface area contributed by atoms with Gasteiger partial charge in [0.25, 0.3) is 0 Å². The zero-order valence-corrected chi connectivity index (χ0v) is 17.2. The molecule has 1 nitrogen and oxygen atoms in total. The molecule has 0 heterocycles. The number of aliphatic hydroxyl groups is 1. The Morgan fingerprint density at radius 2 is 1.10 bits per heavy atom. The number of hydrogen-bond donors (Lipinski definition) is 1. The number of aryl methyl sites for hydroxylation is 2. The number of fused-ring (bicyclic) bond motifs is 1. The SMILES string of the molecule is Cc1ccccc1CC(O)(Cc1ccc2ccccc2c1)Cc1ccccc1C. The molecule has 0 atom stereocenters. The van der Waals surface area contributed by atoms with Crippen molar-refractivity contribution in [1.82, 2.24) is 0 Å². The minimum absolute atomic E-state index is 0.625. The van der Waals surface area contributed by atoms with E-state index < -0.39 is 5.60 Å². The molecule has 0 spiro atoms. The Bertz CT molecular complexity index is 1080. The minimum atomic E-state index is -0.847. The van der Waals surface area contributed by atoms with Crippen LogP contribution in [0.5, 0.6) is 0 Å². The molecule has 0 aliphatic carbocycles. The lowest BCUT2D eigenvalue weighted by Gasteiger charge is -2.30. The Balaban J connectivity index is 1.70. The average molecular weight is 381 g/mol. The molecule has 1 heteroatoms. The third-order valence-electron chi connectivity index (χ3n) is 5.91. The number of rotatable bonds is 6. The molecule has 0 saturated carbocycles. The maximum Gasteiger partial charge on any atom is 0.0768 e. The summed E-state index contributed by atoms with van der Waals surface area (Å²) in [6.45, 7) is 4.25. The molecule has 146 valence electrons. The molecule has 0 amide bonds. The third-order valence-corrected chi connectivity index (χ3v) is 5.91. The monoisotopic (exact) mass is 380 g/mol. The van der Waals surface area contributed by atoms with Gasteiger partial charge in [-0.15, -0.1) is 0 Å². The highest BCUT2D eigenvalue weighted by Crippen LogP contribution is 2.28. The Morgan fingerprint density at radius 1 is 0.586 bits per heavy atom. The van der Waals surface area contributed by atoms with Crippen molar-refractivity contribution in [3.05, 3.63) is 119 Å². The van der Waals surface area contributed by atoms with Gasteiger partial charge in [0.1, 0.15) is 0 Å². The van der Waals surface area contributed by atoms with Crippen molar-refractivity contribution in [3.63, 3.8) is 0 Å². The summed E-state index contributed by atoms with van der Waals surface area (Å²) < 4.78 is 0. The smallest absolute Gasteiger partial charge is 0.0768 e. The first kappa shape index (κ1) is 19.4. The van der Waals surface area contributed by atoms with Crippen LogP contribution in [0.1, 0.15) is 27.8 Å². The van der Waals surface area contributed by atoms with E-state index in [1.165, 1.54) is 38.6 Å². The Morgan fingerprint density at radius 3 is 1.69 bits per heavy atom. The van der Waals surface area contributed by atoms with Gasteiger partial charge in [0, 0.05) is 19.3 Å². The van der Waals surface area contributed by atoms with E-state index in [2.05, 4.69) is 105 Å². The minimum Gasteiger partial charge on any atom is -0.389 e. The van der Waals surface area contributed by atoms with Crippen LogP contribution in [0.15, 0.2) is 91.0 Å². The topological polar surface area (TPSA) is 20.2 Å². The lowest BCUT2D eigenvalue weighted by molar-refractivity contribution is 0.0408. The quantitative estimate of drug-likeness (QED) is 0.421. The zero-order valence-electron chi connectivity index (χ0n) is 17.2. The van der Waals surface area contributed by atoms with E-state index in [-0.39, 0.29) is 0 Å². The van der Waals surface area contributed by atoms with E-state index in [0.29, 0.717) is 19.3 Å². The summed E-state index contributed by atoms with van der Waals surface area (Å²) in [5.41, 5.74) is 5.21. The fraction of sp³-hybridized carbons (Fsp3) is 0.214. The van der Waals surface area contributed by atoms with Gasteiger partial charge >= 0.3 is 0 Å². The Hall–Kier alpha value is -2.90. The molecule has 29 heavy (non-hydrogen) atoms. The molecular weight excluding hydrogens is 352 g/mol. The maximum atomic E-state index is 11.9. The van der Waals surface area contributed by atoms with Crippen LogP contribution in [0.25, 0.3) is 10.8 Å². The van der Waals surface area contributed by atoms with Crippen LogP contribution in [-0.2, 0) is 19.3 Å². The highest BCUT2D eigenvalue weighted by Gasteiger charge is 2.29. The molecular formula is C28H28O. The van der Waals surface area contributed by atoms with Crippen LogP contribution in [0.2, 0.25) is 0 Å². The Labute approximate surface area is 173 Å². The van der Waals surface area contributed by atoms with Crippen molar-refractivity contribution < 1.29 is 5.11 Å². The second kappa shape index (κ2) is 8.23. The summed E-state index contributed by atoms with van der Waals surface area (Å²) in [4.78, 5) is 0. The summed E-state index contributed by atoms with van der Waals surface area (Å²) in [7, 11) is 0. The van der Waals surface area contributed by atoms with Gasteiger partial charge in [-0.2, -0.15) is 0 Å². The molecule has 0 unspecified atom stereocenters. The van der Waals surface area contributed by atoms with Gasteiger partial charge < -0.3 is 5.11 Å². The van der Waals surface area contributed by atoms with Gasteiger partial charge in [0.05, 0.1) is 5.60 Å². The van der Waals surface area contributed by atoms with Crippen molar-refractivity contribution in [2.75, 3.05) is 0 Å². The van der Waals surface area contributed by atoms with E-state index in [0.717, 1.165) is 0 Å². The van der Waals surface area contributed by atoms with Crippen molar-refractivity contribution in [2.24, 2.45) is 0 Å². The molecule has 0 aliphatic rings. The van der Waals surface area contributed by atoms with Crippen LogP contribution in [0.4, 0.5) is 0 Å².